The molecule has 0 unspecified atom stereocenters. The molecule has 0 spiro atoms. The van der Waals surface area contributed by atoms with E-state index < -0.39 is 30.3 Å². The van der Waals surface area contributed by atoms with Gasteiger partial charge in [0, 0.05) is 5.56 Å². The van der Waals surface area contributed by atoms with Crippen molar-refractivity contribution in [1.29, 1.82) is 0 Å². The van der Waals surface area contributed by atoms with Crippen molar-refractivity contribution >= 4 is 33.8 Å². The minimum absolute atomic E-state index is 0.0253. The lowest BCUT2D eigenvalue weighted by molar-refractivity contribution is -0.145. The largest absolute Gasteiger partial charge is 0.507 e. The number of carbonyl (C=O) groups excluding carboxylic acids is 1. The maximum absolute atomic E-state index is 11.7. The van der Waals surface area contributed by atoms with E-state index in [1.165, 1.54) is 12.1 Å². The topological polar surface area (TPSA) is 124 Å². The molecule has 0 aliphatic carbocycles. The summed E-state index contributed by atoms with van der Waals surface area (Å²) in [6.07, 6.45) is -0.733. The Bertz CT molecular complexity index is 530. The molecule has 8 heteroatoms. The first-order valence-electron chi connectivity index (χ1n) is 5.05. The molecule has 4 N–H and O–H groups in total. The van der Waals surface area contributed by atoms with Gasteiger partial charge in [-0.25, -0.2) is 4.79 Å². The van der Waals surface area contributed by atoms with E-state index in [0.29, 0.717) is 4.47 Å². The molecule has 0 heterocycles. The number of aromatic hydroxyl groups is 1. The number of benzene rings is 1. The van der Waals surface area contributed by atoms with Gasteiger partial charge in [0.2, 0.25) is 0 Å². The lowest BCUT2D eigenvalue weighted by atomic mass is 10.1. The summed E-state index contributed by atoms with van der Waals surface area (Å²) in [7, 11) is 0. The van der Waals surface area contributed by atoms with Gasteiger partial charge in [-0.3, -0.25) is 9.59 Å². The number of hydrogen-bond donors (Lipinski definition) is 4. The predicted molar refractivity (Wildman–Crippen MR) is 66.9 cm³/mol. The number of amides is 1. The van der Waals surface area contributed by atoms with Gasteiger partial charge in [0.15, 0.2) is 0 Å². The van der Waals surface area contributed by atoms with Crippen LogP contribution in [0.25, 0.3) is 0 Å². The van der Waals surface area contributed by atoms with Gasteiger partial charge in [0.05, 0.1) is 10.9 Å². The Hall–Kier alpha value is -2.09. The van der Waals surface area contributed by atoms with Crippen molar-refractivity contribution in [2.45, 2.75) is 12.5 Å². The summed E-state index contributed by atoms with van der Waals surface area (Å²) < 4.78 is 0.379. The molecule has 1 atom stereocenters. The number of carboxylic acids is 2. The molecular formula is C11H10BrNO6. The van der Waals surface area contributed by atoms with E-state index in [1.807, 2.05) is 0 Å². The maximum Gasteiger partial charge on any atom is 0.326 e. The second-order valence-corrected chi connectivity index (χ2v) is 4.48. The van der Waals surface area contributed by atoms with E-state index in [1.54, 1.807) is 0 Å². The normalized spacial score (nSPS) is 11.6. The molecule has 1 amide bonds. The monoisotopic (exact) mass is 331 g/mol. The van der Waals surface area contributed by atoms with Gasteiger partial charge in [-0.05, 0) is 34.1 Å². The maximum atomic E-state index is 11.7. The van der Waals surface area contributed by atoms with E-state index in [0.717, 1.165) is 6.07 Å². The molecule has 7 nitrogen and oxygen atoms in total. The number of aliphatic carboxylic acids is 2. The molecule has 0 aromatic heterocycles. The highest BCUT2D eigenvalue weighted by molar-refractivity contribution is 9.10. The fraction of sp³-hybridized carbons (Fsp3) is 0.182. The highest BCUT2D eigenvalue weighted by Crippen LogP contribution is 2.24. The third kappa shape index (κ3) is 4.25. The zero-order valence-corrected chi connectivity index (χ0v) is 11.0. The van der Waals surface area contributed by atoms with Gasteiger partial charge < -0.3 is 20.6 Å². The molecule has 0 saturated carbocycles. The first kappa shape index (κ1) is 15.0. The Balaban J connectivity index is 2.84. The number of nitrogens with one attached hydrogen (secondary N) is 1. The molecule has 0 bridgehead atoms. The lowest BCUT2D eigenvalue weighted by Crippen LogP contribution is -2.42. The molecule has 0 fully saturated rings. The first-order valence-corrected chi connectivity index (χ1v) is 5.84. The van der Waals surface area contributed by atoms with Crippen molar-refractivity contribution in [3.63, 3.8) is 0 Å². The van der Waals surface area contributed by atoms with Crippen molar-refractivity contribution < 1.29 is 29.7 Å². The van der Waals surface area contributed by atoms with Gasteiger partial charge in [0.25, 0.3) is 5.91 Å². The zero-order valence-electron chi connectivity index (χ0n) is 9.46. The fourth-order valence-corrected chi connectivity index (χ4v) is 1.52. The van der Waals surface area contributed by atoms with Crippen molar-refractivity contribution in [2.75, 3.05) is 0 Å². The smallest absolute Gasteiger partial charge is 0.326 e. The summed E-state index contributed by atoms with van der Waals surface area (Å²) in [6, 6.07) is 2.38. The van der Waals surface area contributed by atoms with Gasteiger partial charge in [-0.1, -0.05) is 0 Å². The molecule has 1 rings (SSSR count). The van der Waals surface area contributed by atoms with Crippen molar-refractivity contribution in [3.8, 4) is 5.75 Å². The molecule has 19 heavy (non-hydrogen) atoms. The summed E-state index contributed by atoms with van der Waals surface area (Å²) in [5, 5.41) is 28.8. The van der Waals surface area contributed by atoms with Gasteiger partial charge >= 0.3 is 11.9 Å². The van der Waals surface area contributed by atoms with Crippen LogP contribution in [-0.4, -0.2) is 39.2 Å². The van der Waals surface area contributed by atoms with Crippen LogP contribution in [0, 0.1) is 0 Å². The van der Waals surface area contributed by atoms with E-state index in [4.69, 9.17) is 10.2 Å². The number of phenolic OH excluding ortho intramolecular Hbond substituents is 1. The Morgan fingerprint density at radius 2 is 1.89 bits per heavy atom. The second-order valence-electron chi connectivity index (χ2n) is 3.63. The van der Waals surface area contributed by atoms with Crippen LogP contribution < -0.4 is 5.32 Å². The molecule has 0 aliphatic rings. The van der Waals surface area contributed by atoms with Crippen LogP contribution in [0.3, 0.4) is 0 Å². The Kier molecular flexibility index (Phi) is 4.87. The van der Waals surface area contributed by atoms with E-state index in [-0.39, 0.29) is 11.3 Å². The minimum Gasteiger partial charge on any atom is -0.507 e. The highest BCUT2D eigenvalue weighted by Gasteiger charge is 2.23. The standard InChI is InChI=1S/C11H10BrNO6/c12-6-2-1-5(3-8(6)14)10(17)13-7(11(18)19)4-9(15)16/h1-3,7,14H,4H2,(H,13,17)(H,15,16)(H,18,19)/t7-/m1/s1. The summed E-state index contributed by atoms with van der Waals surface area (Å²) >= 11 is 3.03. The van der Waals surface area contributed by atoms with E-state index >= 15 is 0 Å². The van der Waals surface area contributed by atoms with Crippen molar-refractivity contribution in [2.24, 2.45) is 0 Å². The summed E-state index contributed by atoms with van der Waals surface area (Å²) in [5.74, 6) is -3.75. The Labute approximate surface area is 116 Å². The molecule has 0 aliphatic heterocycles. The van der Waals surface area contributed by atoms with Crippen LogP contribution in [0.5, 0.6) is 5.75 Å². The number of carbonyl (C=O) groups is 3. The number of halogens is 1. The minimum atomic E-state index is -1.53. The van der Waals surface area contributed by atoms with Crippen molar-refractivity contribution in [3.05, 3.63) is 28.2 Å². The Morgan fingerprint density at radius 1 is 1.26 bits per heavy atom. The average Bonchev–Trinajstić information content (AvgIpc) is 2.31. The number of hydrogen-bond acceptors (Lipinski definition) is 4. The quantitative estimate of drug-likeness (QED) is 0.633. The molecule has 102 valence electrons. The van der Waals surface area contributed by atoms with Crippen LogP contribution in [-0.2, 0) is 9.59 Å². The predicted octanol–water partition coefficient (Wildman–Crippen LogP) is 0.812. The molecular weight excluding hydrogens is 322 g/mol. The van der Waals surface area contributed by atoms with Crippen LogP contribution >= 0.6 is 15.9 Å². The molecule has 0 saturated heterocycles. The van der Waals surface area contributed by atoms with Crippen LogP contribution in [0.2, 0.25) is 0 Å². The number of rotatable bonds is 5. The molecule has 1 aromatic rings. The Morgan fingerprint density at radius 3 is 2.37 bits per heavy atom. The van der Waals surface area contributed by atoms with Crippen LogP contribution in [0.1, 0.15) is 16.8 Å². The van der Waals surface area contributed by atoms with Crippen molar-refractivity contribution in [1.82, 2.24) is 5.32 Å². The third-order valence-corrected chi connectivity index (χ3v) is 2.86. The summed E-state index contributed by atoms with van der Waals surface area (Å²) in [5.41, 5.74) is 0.0253. The second kappa shape index (κ2) is 6.19. The van der Waals surface area contributed by atoms with Crippen LogP contribution in [0.15, 0.2) is 22.7 Å². The first-order chi connectivity index (χ1) is 8.81. The van der Waals surface area contributed by atoms with Gasteiger partial charge in [-0.15, -0.1) is 0 Å². The van der Waals surface area contributed by atoms with E-state index in [2.05, 4.69) is 21.2 Å². The van der Waals surface area contributed by atoms with E-state index in [9.17, 15) is 19.5 Å². The average molecular weight is 332 g/mol. The van der Waals surface area contributed by atoms with Crippen LogP contribution in [0.4, 0.5) is 0 Å². The molecule has 0 radical (unpaired) electrons. The lowest BCUT2D eigenvalue weighted by Gasteiger charge is -2.12. The van der Waals surface area contributed by atoms with Gasteiger partial charge in [0.1, 0.15) is 11.8 Å². The SMILES string of the molecule is O=C(O)C[C@@H](NC(=O)c1ccc(Br)c(O)c1)C(=O)O. The highest BCUT2D eigenvalue weighted by atomic mass is 79.9. The third-order valence-electron chi connectivity index (χ3n) is 2.19. The summed E-state index contributed by atoms with van der Waals surface area (Å²) in [6.45, 7) is 0. The molecule has 1 aromatic carbocycles. The zero-order chi connectivity index (χ0) is 14.6. The number of phenols is 1. The number of carboxylic acid groups (broad SMARTS) is 2. The van der Waals surface area contributed by atoms with Gasteiger partial charge in [-0.2, -0.15) is 0 Å². The fourth-order valence-electron chi connectivity index (χ4n) is 1.27. The summed E-state index contributed by atoms with van der Waals surface area (Å²) in [4.78, 5) is 33.0.